The summed E-state index contributed by atoms with van der Waals surface area (Å²) >= 11 is 0. The third kappa shape index (κ3) is 12.5. The standard InChI is InChI=1S/C12H22O3.C3H10O3Si/c1(5-11-9-14-11)3-7-13-8-4-2-6-12-10-15-12;1-4-7(5-2)6-3/h11-12H,1-10H2;7H,1-3H3. The number of ether oxygens (including phenoxy) is 3. The van der Waals surface area contributed by atoms with E-state index in [9.17, 15) is 0 Å². The quantitative estimate of drug-likeness (QED) is 0.290. The smallest absolute Gasteiger partial charge is 0.381 e. The molecule has 2 saturated heterocycles. The van der Waals surface area contributed by atoms with E-state index in [0.29, 0.717) is 12.2 Å². The average Bonchev–Trinajstić information content (AvgIpc) is 3.43. The van der Waals surface area contributed by atoms with Crippen LogP contribution in [-0.4, -0.2) is 69.5 Å². The lowest BCUT2D eigenvalue weighted by atomic mass is 10.2. The Morgan fingerprint density at radius 2 is 1.18 bits per heavy atom. The lowest BCUT2D eigenvalue weighted by Gasteiger charge is -2.05. The minimum absolute atomic E-state index is 0.587. The second-order valence-electron chi connectivity index (χ2n) is 5.51. The summed E-state index contributed by atoms with van der Waals surface area (Å²) in [5, 5.41) is 0. The van der Waals surface area contributed by atoms with Crippen molar-refractivity contribution in [3.05, 3.63) is 0 Å². The third-order valence-corrected chi connectivity index (χ3v) is 4.67. The lowest BCUT2D eigenvalue weighted by molar-refractivity contribution is 0.125. The van der Waals surface area contributed by atoms with Gasteiger partial charge in [0.1, 0.15) is 0 Å². The summed E-state index contributed by atoms with van der Waals surface area (Å²) in [6.07, 6.45) is 8.50. The average molecular weight is 337 g/mol. The summed E-state index contributed by atoms with van der Waals surface area (Å²) in [5.41, 5.74) is 0. The molecule has 132 valence electrons. The van der Waals surface area contributed by atoms with Crippen LogP contribution in [0.25, 0.3) is 0 Å². The Hall–Kier alpha value is -0.0231. The van der Waals surface area contributed by atoms with Gasteiger partial charge in [0.05, 0.1) is 25.4 Å². The second-order valence-corrected chi connectivity index (χ2v) is 7.50. The monoisotopic (exact) mass is 336 g/mol. The molecule has 0 aromatic carbocycles. The van der Waals surface area contributed by atoms with E-state index in [1.54, 1.807) is 21.3 Å². The third-order valence-electron chi connectivity index (χ3n) is 3.51. The van der Waals surface area contributed by atoms with Gasteiger partial charge in [0, 0.05) is 34.5 Å². The molecule has 0 radical (unpaired) electrons. The summed E-state index contributed by atoms with van der Waals surface area (Å²) in [5.74, 6) is 0. The summed E-state index contributed by atoms with van der Waals surface area (Å²) < 4.78 is 30.1. The van der Waals surface area contributed by atoms with E-state index in [1.165, 1.54) is 38.5 Å². The van der Waals surface area contributed by atoms with Crippen LogP contribution in [-0.2, 0) is 27.5 Å². The molecular weight excluding hydrogens is 304 g/mol. The highest BCUT2D eigenvalue weighted by atomic mass is 28.3. The normalized spacial score (nSPS) is 22.4. The molecule has 2 heterocycles. The molecule has 0 aliphatic carbocycles. The molecule has 6 nitrogen and oxygen atoms in total. The van der Waals surface area contributed by atoms with Crippen LogP contribution in [0.4, 0.5) is 0 Å². The zero-order valence-corrected chi connectivity index (χ0v) is 15.4. The van der Waals surface area contributed by atoms with Crippen molar-refractivity contribution in [1.29, 1.82) is 0 Å². The second kappa shape index (κ2) is 13.4. The molecule has 22 heavy (non-hydrogen) atoms. The predicted octanol–water partition coefficient (Wildman–Crippen LogP) is 1.78. The van der Waals surface area contributed by atoms with E-state index in [0.717, 1.165) is 26.4 Å². The molecule has 0 aromatic rings. The van der Waals surface area contributed by atoms with Crippen molar-refractivity contribution in [2.24, 2.45) is 0 Å². The van der Waals surface area contributed by atoms with Gasteiger partial charge in [-0.2, -0.15) is 0 Å². The van der Waals surface area contributed by atoms with Gasteiger partial charge in [0.25, 0.3) is 0 Å². The summed E-state index contributed by atoms with van der Waals surface area (Å²) in [6, 6.07) is 0. The van der Waals surface area contributed by atoms with E-state index >= 15 is 0 Å². The zero-order chi connectivity index (χ0) is 16.0. The largest absolute Gasteiger partial charge is 0.483 e. The zero-order valence-electron chi connectivity index (χ0n) is 14.3. The van der Waals surface area contributed by atoms with Gasteiger partial charge in [0.2, 0.25) is 0 Å². The van der Waals surface area contributed by atoms with E-state index < -0.39 is 9.53 Å². The van der Waals surface area contributed by atoms with Gasteiger partial charge in [-0.15, -0.1) is 0 Å². The maximum atomic E-state index is 5.56. The molecule has 7 heteroatoms. The summed E-state index contributed by atoms with van der Waals surface area (Å²) in [7, 11) is 3.05. The highest BCUT2D eigenvalue weighted by Gasteiger charge is 2.21. The number of rotatable bonds is 13. The Morgan fingerprint density at radius 1 is 0.773 bits per heavy atom. The first-order valence-electron chi connectivity index (χ1n) is 8.19. The minimum Gasteiger partial charge on any atom is -0.381 e. The van der Waals surface area contributed by atoms with Crippen molar-refractivity contribution >= 4 is 9.53 Å². The molecule has 2 atom stereocenters. The van der Waals surface area contributed by atoms with Crippen molar-refractivity contribution in [3.8, 4) is 0 Å². The SMILES string of the molecule is C(CCC1CO1)COCCCCC1CO1.CO[SiH](OC)OC. The molecule has 2 aliphatic heterocycles. The van der Waals surface area contributed by atoms with Gasteiger partial charge < -0.3 is 27.5 Å². The molecule has 0 N–H and O–H groups in total. The van der Waals surface area contributed by atoms with Crippen molar-refractivity contribution in [1.82, 2.24) is 0 Å². The molecule has 2 aliphatic rings. The number of hydrogen-bond donors (Lipinski definition) is 0. The van der Waals surface area contributed by atoms with Crippen LogP contribution in [0.5, 0.6) is 0 Å². The highest BCUT2D eigenvalue weighted by Crippen LogP contribution is 2.17. The molecule has 2 unspecified atom stereocenters. The molecule has 0 saturated carbocycles. The molecule has 0 spiro atoms. The fourth-order valence-electron chi connectivity index (χ4n) is 2.01. The Balaban J connectivity index is 0.000000295. The first-order chi connectivity index (χ1) is 10.8. The van der Waals surface area contributed by atoms with Crippen LogP contribution >= 0.6 is 0 Å². The van der Waals surface area contributed by atoms with Crippen molar-refractivity contribution in [3.63, 3.8) is 0 Å². The fourth-order valence-corrected chi connectivity index (χ4v) is 2.59. The maximum Gasteiger partial charge on any atom is 0.483 e. The molecule has 0 amide bonds. The van der Waals surface area contributed by atoms with E-state index in [-0.39, 0.29) is 0 Å². The van der Waals surface area contributed by atoms with Crippen molar-refractivity contribution in [2.45, 2.75) is 50.7 Å². The first kappa shape index (κ1) is 20.0. The Kier molecular flexibility index (Phi) is 12.2. The van der Waals surface area contributed by atoms with Gasteiger partial charge in [0.15, 0.2) is 0 Å². The number of unbranched alkanes of at least 4 members (excludes halogenated alkanes) is 2. The Bertz CT molecular complexity index is 221. The van der Waals surface area contributed by atoms with Gasteiger partial charge in [-0.1, -0.05) is 0 Å². The van der Waals surface area contributed by atoms with Crippen LogP contribution < -0.4 is 0 Å². The van der Waals surface area contributed by atoms with Gasteiger partial charge in [-0.3, -0.25) is 0 Å². The minimum atomic E-state index is -1.67. The Morgan fingerprint density at radius 3 is 1.45 bits per heavy atom. The molecule has 0 aromatic heterocycles. The highest BCUT2D eigenvalue weighted by molar-refractivity contribution is 6.36. The fraction of sp³-hybridized carbons (Fsp3) is 1.00. The van der Waals surface area contributed by atoms with Crippen LogP contribution in [0.3, 0.4) is 0 Å². The van der Waals surface area contributed by atoms with Crippen LogP contribution in [0.2, 0.25) is 0 Å². The molecule has 2 rings (SSSR count). The van der Waals surface area contributed by atoms with E-state index in [1.807, 2.05) is 0 Å². The topological polar surface area (TPSA) is 62.0 Å². The van der Waals surface area contributed by atoms with Gasteiger partial charge >= 0.3 is 9.53 Å². The predicted molar refractivity (Wildman–Crippen MR) is 86.2 cm³/mol. The maximum absolute atomic E-state index is 5.56. The number of epoxide rings is 2. The van der Waals surface area contributed by atoms with Crippen LogP contribution in [0.1, 0.15) is 38.5 Å². The molecule has 2 fully saturated rings. The van der Waals surface area contributed by atoms with Gasteiger partial charge in [-0.25, -0.2) is 0 Å². The molecular formula is C15H32O6Si. The first-order valence-corrected chi connectivity index (χ1v) is 9.61. The molecule has 0 bridgehead atoms. The van der Waals surface area contributed by atoms with Crippen LogP contribution in [0.15, 0.2) is 0 Å². The lowest BCUT2D eigenvalue weighted by Crippen LogP contribution is -2.21. The van der Waals surface area contributed by atoms with E-state index in [4.69, 9.17) is 27.5 Å². The van der Waals surface area contributed by atoms with Gasteiger partial charge in [-0.05, 0) is 38.5 Å². The van der Waals surface area contributed by atoms with Crippen molar-refractivity contribution < 1.29 is 27.5 Å². The van der Waals surface area contributed by atoms with Crippen LogP contribution in [0, 0.1) is 0 Å². The summed E-state index contributed by atoms with van der Waals surface area (Å²) in [6.45, 7) is 3.83. The summed E-state index contributed by atoms with van der Waals surface area (Å²) in [4.78, 5) is 0. The van der Waals surface area contributed by atoms with E-state index in [2.05, 4.69) is 0 Å². The number of hydrogen-bond acceptors (Lipinski definition) is 6. The van der Waals surface area contributed by atoms with Crippen molar-refractivity contribution in [2.75, 3.05) is 47.8 Å². The Labute approximate surface area is 136 Å².